The van der Waals surface area contributed by atoms with E-state index in [1.54, 1.807) is 0 Å². The van der Waals surface area contributed by atoms with Gasteiger partial charge in [0.25, 0.3) is 0 Å². The van der Waals surface area contributed by atoms with Crippen LogP contribution in [0.4, 0.5) is 0 Å². The SMILES string of the molecule is OC[C@H]1CCOCC[C@H]1O. The maximum absolute atomic E-state index is 9.31. The highest BCUT2D eigenvalue weighted by Gasteiger charge is 2.20. The van der Waals surface area contributed by atoms with Gasteiger partial charge in [-0.1, -0.05) is 0 Å². The van der Waals surface area contributed by atoms with Crippen LogP contribution in [-0.2, 0) is 4.74 Å². The number of hydrogen-bond acceptors (Lipinski definition) is 3. The fourth-order valence-corrected chi connectivity index (χ4v) is 1.18. The van der Waals surface area contributed by atoms with Crippen molar-refractivity contribution in [2.75, 3.05) is 19.8 Å². The van der Waals surface area contributed by atoms with Gasteiger partial charge in [-0.25, -0.2) is 0 Å². The molecule has 1 rings (SSSR count). The fourth-order valence-electron chi connectivity index (χ4n) is 1.18. The highest BCUT2D eigenvalue weighted by molar-refractivity contribution is 4.70. The third kappa shape index (κ3) is 1.94. The van der Waals surface area contributed by atoms with Gasteiger partial charge >= 0.3 is 0 Å². The molecule has 60 valence electrons. The monoisotopic (exact) mass is 146 g/mol. The van der Waals surface area contributed by atoms with Gasteiger partial charge in [0.1, 0.15) is 0 Å². The molecular weight excluding hydrogens is 132 g/mol. The van der Waals surface area contributed by atoms with E-state index < -0.39 is 0 Å². The first-order valence-corrected chi connectivity index (χ1v) is 3.71. The zero-order valence-corrected chi connectivity index (χ0v) is 5.99. The standard InChI is InChI=1S/C7H14O3/c8-5-6-1-3-10-4-2-7(6)9/h6-9H,1-5H2/t6-,7-/m1/s1. The summed E-state index contributed by atoms with van der Waals surface area (Å²) in [5.74, 6) is 0.0301. The van der Waals surface area contributed by atoms with Crippen LogP contribution in [0.15, 0.2) is 0 Å². The summed E-state index contributed by atoms with van der Waals surface area (Å²) in [6.45, 7) is 1.37. The molecule has 1 aliphatic rings. The van der Waals surface area contributed by atoms with Crippen molar-refractivity contribution in [1.29, 1.82) is 0 Å². The smallest absolute Gasteiger partial charge is 0.0613 e. The molecule has 1 saturated heterocycles. The Morgan fingerprint density at radius 3 is 2.70 bits per heavy atom. The molecule has 0 bridgehead atoms. The van der Waals surface area contributed by atoms with E-state index in [4.69, 9.17) is 9.84 Å². The Morgan fingerprint density at radius 1 is 1.30 bits per heavy atom. The summed E-state index contributed by atoms with van der Waals surface area (Å²) in [6, 6.07) is 0. The van der Waals surface area contributed by atoms with Gasteiger partial charge in [0.15, 0.2) is 0 Å². The lowest BCUT2D eigenvalue weighted by Gasteiger charge is -2.15. The van der Waals surface area contributed by atoms with Crippen LogP contribution in [0.25, 0.3) is 0 Å². The predicted molar refractivity (Wildman–Crippen MR) is 36.6 cm³/mol. The van der Waals surface area contributed by atoms with Crippen LogP contribution < -0.4 is 0 Å². The van der Waals surface area contributed by atoms with Crippen LogP contribution in [0, 0.1) is 5.92 Å². The van der Waals surface area contributed by atoms with Crippen molar-refractivity contribution in [3.63, 3.8) is 0 Å². The molecule has 0 radical (unpaired) electrons. The maximum atomic E-state index is 9.31. The van der Waals surface area contributed by atoms with Gasteiger partial charge in [0.2, 0.25) is 0 Å². The van der Waals surface area contributed by atoms with E-state index in [0.717, 1.165) is 6.42 Å². The van der Waals surface area contributed by atoms with E-state index >= 15 is 0 Å². The molecule has 2 N–H and O–H groups in total. The summed E-state index contributed by atoms with van der Waals surface area (Å²) >= 11 is 0. The van der Waals surface area contributed by atoms with Crippen LogP contribution in [0.2, 0.25) is 0 Å². The molecule has 0 saturated carbocycles. The molecule has 1 fully saturated rings. The van der Waals surface area contributed by atoms with Crippen LogP contribution in [0.5, 0.6) is 0 Å². The second-order valence-corrected chi connectivity index (χ2v) is 2.70. The number of aliphatic hydroxyl groups excluding tert-OH is 2. The Labute approximate surface area is 60.6 Å². The van der Waals surface area contributed by atoms with E-state index in [1.165, 1.54) is 0 Å². The fraction of sp³-hybridized carbons (Fsp3) is 1.00. The number of aliphatic hydroxyl groups is 2. The Bertz CT molecular complexity index is 94.9. The van der Waals surface area contributed by atoms with Gasteiger partial charge in [-0.3, -0.25) is 0 Å². The van der Waals surface area contributed by atoms with Gasteiger partial charge in [-0.2, -0.15) is 0 Å². The van der Waals surface area contributed by atoms with Crippen molar-refractivity contribution in [2.45, 2.75) is 18.9 Å². The van der Waals surface area contributed by atoms with Crippen LogP contribution >= 0.6 is 0 Å². The number of ether oxygens (including phenoxy) is 1. The van der Waals surface area contributed by atoms with E-state index in [2.05, 4.69) is 0 Å². The first-order valence-electron chi connectivity index (χ1n) is 3.71. The first-order chi connectivity index (χ1) is 4.84. The summed E-state index contributed by atoms with van der Waals surface area (Å²) in [6.07, 6.45) is 1.07. The Kier molecular flexibility index (Phi) is 3.12. The lowest BCUT2D eigenvalue weighted by molar-refractivity contribution is 0.0646. The third-order valence-electron chi connectivity index (χ3n) is 1.97. The lowest BCUT2D eigenvalue weighted by atomic mass is 9.99. The van der Waals surface area contributed by atoms with Crippen LogP contribution in [-0.4, -0.2) is 36.1 Å². The van der Waals surface area contributed by atoms with Gasteiger partial charge < -0.3 is 14.9 Å². The Hall–Kier alpha value is -0.120. The normalized spacial score (nSPS) is 35.4. The minimum atomic E-state index is -0.368. The van der Waals surface area contributed by atoms with Gasteiger partial charge in [-0.15, -0.1) is 0 Å². The molecular formula is C7H14O3. The highest BCUT2D eigenvalue weighted by atomic mass is 16.5. The second-order valence-electron chi connectivity index (χ2n) is 2.70. The van der Waals surface area contributed by atoms with Crippen molar-refractivity contribution in [3.05, 3.63) is 0 Å². The third-order valence-corrected chi connectivity index (χ3v) is 1.97. The lowest BCUT2D eigenvalue weighted by Crippen LogP contribution is -2.23. The summed E-state index contributed by atoms with van der Waals surface area (Å²) in [5.41, 5.74) is 0. The van der Waals surface area contributed by atoms with E-state index in [0.29, 0.717) is 19.6 Å². The summed E-state index contributed by atoms with van der Waals surface area (Å²) in [7, 11) is 0. The van der Waals surface area contributed by atoms with Crippen molar-refractivity contribution in [3.8, 4) is 0 Å². The van der Waals surface area contributed by atoms with E-state index in [-0.39, 0.29) is 18.6 Å². The maximum Gasteiger partial charge on any atom is 0.0613 e. The molecule has 0 amide bonds. The average Bonchev–Trinajstić information content (AvgIpc) is 2.13. The van der Waals surface area contributed by atoms with Crippen molar-refractivity contribution >= 4 is 0 Å². The molecule has 1 aliphatic heterocycles. The topological polar surface area (TPSA) is 49.7 Å². The minimum Gasteiger partial charge on any atom is -0.396 e. The molecule has 2 atom stereocenters. The van der Waals surface area contributed by atoms with Gasteiger partial charge in [0.05, 0.1) is 6.10 Å². The Morgan fingerprint density at radius 2 is 2.00 bits per heavy atom. The molecule has 0 spiro atoms. The highest BCUT2D eigenvalue weighted by Crippen LogP contribution is 2.15. The molecule has 0 aromatic heterocycles. The Balaban J connectivity index is 2.35. The average molecular weight is 146 g/mol. The molecule has 1 heterocycles. The number of rotatable bonds is 1. The quantitative estimate of drug-likeness (QED) is 0.537. The largest absolute Gasteiger partial charge is 0.396 e. The summed E-state index contributed by atoms with van der Waals surface area (Å²) in [4.78, 5) is 0. The minimum absolute atomic E-state index is 0.0301. The van der Waals surface area contributed by atoms with E-state index in [9.17, 15) is 5.11 Å². The van der Waals surface area contributed by atoms with Gasteiger partial charge in [-0.05, 0) is 12.8 Å². The molecule has 0 aliphatic carbocycles. The molecule has 3 nitrogen and oxygen atoms in total. The molecule has 0 aromatic rings. The molecule has 0 unspecified atom stereocenters. The van der Waals surface area contributed by atoms with Crippen molar-refractivity contribution in [2.24, 2.45) is 5.92 Å². The van der Waals surface area contributed by atoms with Crippen molar-refractivity contribution < 1.29 is 14.9 Å². The first kappa shape index (κ1) is 7.98. The van der Waals surface area contributed by atoms with Crippen LogP contribution in [0.1, 0.15) is 12.8 Å². The number of hydrogen-bond donors (Lipinski definition) is 2. The van der Waals surface area contributed by atoms with E-state index in [1.807, 2.05) is 0 Å². The molecule has 0 aromatic carbocycles. The molecule has 3 heteroatoms. The van der Waals surface area contributed by atoms with Crippen molar-refractivity contribution in [1.82, 2.24) is 0 Å². The molecule has 10 heavy (non-hydrogen) atoms. The zero-order valence-electron chi connectivity index (χ0n) is 5.99. The zero-order chi connectivity index (χ0) is 7.40. The summed E-state index contributed by atoms with van der Waals surface area (Å²) in [5, 5.41) is 18.1. The summed E-state index contributed by atoms with van der Waals surface area (Å²) < 4.78 is 5.13. The second kappa shape index (κ2) is 3.91. The predicted octanol–water partition coefficient (Wildman–Crippen LogP) is -0.234. The van der Waals surface area contributed by atoms with Crippen LogP contribution in [0.3, 0.4) is 0 Å². The van der Waals surface area contributed by atoms with Gasteiger partial charge in [0, 0.05) is 25.7 Å².